The van der Waals surface area contributed by atoms with Gasteiger partial charge in [-0.3, -0.25) is 24.1 Å². The average molecular weight is 386 g/mol. The van der Waals surface area contributed by atoms with Crippen LogP contribution in [0.5, 0.6) is 0 Å². The molecule has 1 saturated heterocycles. The highest BCUT2D eigenvalue weighted by molar-refractivity contribution is 6.05. The Morgan fingerprint density at radius 2 is 1.71 bits per heavy atom. The first-order valence-electron chi connectivity index (χ1n) is 9.82. The topological polar surface area (TPSA) is 92.8 Å². The second-order valence-electron chi connectivity index (χ2n) is 7.44. The van der Waals surface area contributed by atoms with Crippen LogP contribution in [0, 0.1) is 11.8 Å². The number of carbonyl (C=O) groups is 4. The Bertz CT molecular complexity index is 724. The number of hydrogen-bond donors (Lipinski definition) is 1. The Kier molecular flexibility index (Phi) is 6.44. The summed E-state index contributed by atoms with van der Waals surface area (Å²) < 4.78 is 4.99. The lowest BCUT2D eigenvalue weighted by Crippen LogP contribution is -2.34. The van der Waals surface area contributed by atoms with Gasteiger partial charge in [0.05, 0.1) is 24.3 Å². The van der Waals surface area contributed by atoms with E-state index in [-0.39, 0.29) is 49.3 Å². The van der Waals surface area contributed by atoms with Gasteiger partial charge in [-0.05, 0) is 25.3 Å². The van der Waals surface area contributed by atoms with Crippen LogP contribution in [0.1, 0.15) is 50.6 Å². The molecule has 1 saturated carbocycles. The molecule has 7 heteroatoms. The van der Waals surface area contributed by atoms with Gasteiger partial charge in [0, 0.05) is 6.54 Å². The Hall–Kier alpha value is -2.70. The van der Waals surface area contributed by atoms with Gasteiger partial charge in [-0.15, -0.1) is 0 Å². The van der Waals surface area contributed by atoms with Crippen molar-refractivity contribution >= 4 is 23.7 Å². The molecule has 3 atom stereocenters. The largest absolute Gasteiger partial charge is 0.456 e. The molecule has 3 amide bonds. The van der Waals surface area contributed by atoms with Crippen molar-refractivity contribution in [2.24, 2.45) is 11.8 Å². The smallest absolute Gasteiger partial charge is 0.308 e. The maximum atomic E-state index is 12.4. The van der Waals surface area contributed by atoms with E-state index in [1.54, 1.807) is 0 Å². The van der Waals surface area contributed by atoms with Crippen LogP contribution in [0.15, 0.2) is 30.3 Å². The first-order chi connectivity index (χ1) is 13.5. The van der Waals surface area contributed by atoms with Crippen LogP contribution in [-0.4, -0.2) is 41.7 Å². The molecule has 0 spiro atoms. The van der Waals surface area contributed by atoms with Gasteiger partial charge < -0.3 is 10.1 Å². The van der Waals surface area contributed by atoms with Crippen molar-refractivity contribution in [1.82, 2.24) is 10.2 Å². The number of nitrogens with zero attached hydrogens (tertiary/aromatic N) is 1. The minimum atomic E-state index is -0.599. The number of benzene rings is 1. The van der Waals surface area contributed by atoms with Crippen molar-refractivity contribution in [3.05, 3.63) is 35.9 Å². The molecular weight excluding hydrogens is 360 g/mol. The van der Waals surface area contributed by atoms with Crippen molar-refractivity contribution in [3.8, 4) is 0 Å². The summed E-state index contributed by atoms with van der Waals surface area (Å²) in [5.74, 6) is -1.78. The fraction of sp³-hybridized carbons (Fsp3) is 0.524. The lowest BCUT2D eigenvalue weighted by atomic mass is 9.81. The number of rotatable bonds is 7. The number of likely N-dealkylation sites (tertiary alicyclic amines) is 1. The summed E-state index contributed by atoms with van der Waals surface area (Å²) in [5.41, 5.74) is 0.953. The van der Waals surface area contributed by atoms with Gasteiger partial charge in [0.25, 0.3) is 5.91 Å². The van der Waals surface area contributed by atoms with Gasteiger partial charge in [0.1, 0.15) is 0 Å². The fourth-order valence-corrected chi connectivity index (χ4v) is 3.98. The molecule has 0 unspecified atom stereocenters. The lowest BCUT2D eigenvalue weighted by molar-refractivity contribution is -0.150. The number of amides is 3. The minimum Gasteiger partial charge on any atom is -0.456 e. The summed E-state index contributed by atoms with van der Waals surface area (Å²) in [6.07, 6.45) is 3.32. The predicted molar refractivity (Wildman–Crippen MR) is 101 cm³/mol. The Balaban J connectivity index is 1.40. The molecule has 7 nitrogen and oxygen atoms in total. The number of fused-ring (bicyclic) bond motifs is 1. The molecule has 1 aromatic rings. The third-order valence-electron chi connectivity index (χ3n) is 5.51. The quantitative estimate of drug-likeness (QED) is 0.571. The van der Waals surface area contributed by atoms with E-state index in [9.17, 15) is 19.2 Å². The summed E-state index contributed by atoms with van der Waals surface area (Å²) in [4.78, 5) is 49.8. The van der Waals surface area contributed by atoms with Crippen molar-refractivity contribution in [1.29, 1.82) is 0 Å². The Morgan fingerprint density at radius 3 is 2.32 bits per heavy atom. The maximum absolute atomic E-state index is 12.4. The summed E-state index contributed by atoms with van der Waals surface area (Å²) in [6, 6.07) is 9.27. The third-order valence-corrected chi connectivity index (χ3v) is 5.51. The highest BCUT2D eigenvalue weighted by Gasteiger charge is 2.47. The van der Waals surface area contributed by atoms with E-state index in [1.807, 2.05) is 37.3 Å². The van der Waals surface area contributed by atoms with Crippen molar-refractivity contribution in [3.63, 3.8) is 0 Å². The zero-order chi connectivity index (χ0) is 20.1. The van der Waals surface area contributed by atoms with Gasteiger partial charge >= 0.3 is 5.97 Å². The number of ether oxygens (including phenoxy) is 1. The molecule has 2 aliphatic rings. The number of carbonyl (C=O) groups excluding carboxylic acids is 4. The number of esters is 1. The van der Waals surface area contributed by atoms with E-state index < -0.39 is 11.9 Å². The van der Waals surface area contributed by atoms with E-state index in [0.717, 1.165) is 31.2 Å². The monoisotopic (exact) mass is 386 g/mol. The van der Waals surface area contributed by atoms with Gasteiger partial charge in [-0.1, -0.05) is 43.2 Å². The molecule has 1 aromatic carbocycles. The van der Waals surface area contributed by atoms with Crippen LogP contribution in [0.3, 0.4) is 0 Å². The molecule has 0 bridgehead atoms. The summed E-state index contributed by atoms with van der Waals surface area (Å²) in [6.45, 7) is 1.48. The first kappa shape index (κ1) is 20.0. The molecule has 28 heavy (non-hydrogen) atoms. The fourth-order valence-electron chi connectivity index (χ4n) is 3.98. The van der Waals surface area contributed by atoms with Gasteiger partial charge in [0.15, 0.2) is 6.61 Å². The molecule has 3 rings (SSSR count). The minimum absolute atomic E-state index is 0.0194. The second-order valence-corrected chi connectivity index (χ2v) is 7.44. The lowest BCUT2D eigenvalue weighted by Gasteiger charge is -2.19. The zero-order valence-corrected chi connectivity index (χ0v) is 16.1. The van der Waals surface area contributed by atoms with E-state index in [0.29, 0.717) is 0 Å². The number of nitrogens with one attached hydrogen (secondary N) is 1. The molecule has 0 radical (unpaired) electrons. The molecule has 1 N–H and O–H groups in total. The number of hydrogen-bond acceptors (Lipinski definition) is 5. The van der Waals surface area contributed by atoms with Crippen molar-refractivity contribution < 1.29 is 23.9 Å². The van der Waals surface area contributed by atoms with E-state index in [2.05, 4.69) is 5.32 Å². The summed E-state index contributed by atoms with van der Waals surface area (Å²) in [7, 11) is 0. The zero-order valence-electron chi connectivity index (χ0n) is 16.1. The molecule has 1 aliphatic heterocycles. The Labute approximate surface area is 164 Å². The van der Waals surface area contributed by atoms with Crippen molar-refractivity contribution in [2.75, 3.05) is 13.2 Å². The van der Waals surface area contributed by atoms with Crippen LogP contribution >= 0.6 is 0 Å². The van der Waals surface area contributed by atoms with Gasteiger partial charge in [-0.25, -0.2) is 0 Å². The maximum Gasteiger partial charge on any atom is 0.308 e. The highest BCUT2D eigenvalue weighted by Crippen LogP contribution is 2.37. The van der Waals surface area contributed by atoms with E-state index in [4.69, 9.17) is 4.74 Å². The molecule has 2 fully saturated rings. The molecule has 150 valence electrons. The molecule has 1 aliphatic carbocycles. The second kappa shape index (κ2) is 8.99. The molecular formula is C21H26N2O5. The van der Waals surface area contributed by atoms with Crippen molar-refractivity contribution in [2.45, 2.75) is 45.1 Å². The van der Waals surface area contributed by atoms with Crippen LogP contribution < -0.4 is 5.32 Å². The van der Waals surface area contributed by atoms with Crippen LogP contribution in [-0.2, 0) is 23.9 Å². The average Bonchev–Trinajstić information content (AvgIpc) is 2.96. The first-order valence-corrected chi connectivity index (χ1v) is 9.82. The van der Waals surface area contributed by atoms with Gasteiger partial charge in [0.2, 0.25) is 11.8 Å². The molecule has 0 aromatic heterocycles. The van der Waals surface area contributed by atoms with Crippen LogP contribution in [0.2, 0.25) is 0 Å². The highest BCUT2D eigenvalue weighted by atomic mass is 16.5. The Morgan fingerprint density at radius 1 is 1.11 bits per heavy atom. The normalized spacial score (nSPS) is 22.5. The van der Waals surface area contributed by atoms with Crippen LogP contribution in [0.4, 0.5) is 0 Å². The summed E-state index contributed by atoms with van der Waals surface area (Å²) >= 11 is 0. The van der Waals surface area contributed by atoms with E-state index >= 15 is 0 Å². The summed E-state index contributed by atoms with van der Waals surface area (Å²) in [5, 5.41) is 2.76. The SMILES string of the molecule is C[C@H](NC(=O)COC(=O)CCN1C(=O)[C@H]2CCCC[C@H]2C1=O)c1ccccc1. The molecule has 1 heterocycles. The predicted octanol–water partition coefficient (Wildman–Crippen LogP) is 1.97. The standard InChI is InChI=1S/C21H26N2O5/c1-14(15-7-3-2-4-8-15)22-18(24)13-28-19(25)11-12-23-20(26)16-9-5-6-10-17(16)21(23)27/h2-4,7-8,14,16-17H,5-6,9-13H2,1H3,(H,22,24)/t14-,16-,17+/m0/s1. The van der Waals surface area contributed by atoms with E-state index in [1.165, 1.54) is 4.90 Å². The third kappa shape index (κ3) is 4.58. The number of imide groups is 1. The van der Waals surface area contributed by atoms with Gasteiger partial charge in [-0.2, -0.15) is 0 Å². The van der Waals surface area contributed by atoms with Crippen LogP contribution in [0.25, 0.3) is 0 Å².